The molecule has 2 N–H and O–H groups in total. The van der Waals surface area contributed by atoms with Crippen LogP contribution in [0.25, 0.3) is 0 Å². The van der Waals surface area contributed by atoms with Crippen molar-refractivity contribution in [3.05, 3.63) is 0 Å². The maximum atomic E-state index is 12.3. The first kappa shape index (κ1) is 14.3. The van der Waals surface area contributed by atoms with E-state index in [2.05, 4.69) is 10.6 Å². The molecule has 2 fully saturated rings. The van der Waals surface area contributed by atoms with Crippen molar-refractivity contribution < 1.29 is 14.3 Å². The zero-order valence-corrected chi connectivity index (χ0v) is 11.7. The lowest BCUT2D eigenvalue weighted by molar-refractivity contribution is -0.137. The van der Waals surface area contributed by atoms with Gasteiger partial charge in [-0.15, -0.1) is 0 Å². The molecule has 1 unspecified atom stereocenters. The van der Waals surface area contributed by atoms with Gasteiger partial charge in [0.2, 0.25) is 11.8 Å². The molecule has 0 bridgehead atoms. The summed E-state index contributed by atoms with van der Waals surface area (Å²) in [5.74, 6) is -0.147. The Kier molecular flexibility index (Phi) is 4.80. The average Bonchev–Trinajstić information content (AvgIpc) is 2.90. The minimum absolute atomic E-state index is 0.0205. The molecular formula is C14H24N2O3. The number of rotatable bonds is 4. The van der Waals surface area contributed by atoms with Crippen LogP contribution in [0.2, 0.25) is 0 Å². The Morgan fingerprint density at radius 2 is 2.00 bits per heavy atom. The number of ether oxygens (including phenoxy) is 1. The molecule has 2 amide bonds. The second kappa shape index (κ2) is 6.37. The molecule has 5 heteroatoms. The Labute approximate surface area is 114 Å². The van der Waals surface area contributed by atoms with Crippen LogP contribution in [0.5, 0.6) is 0 Å². The molecule has 1 heterocycles. The van der Waals surface area contributed by atoms with Crippen molar-refractivity contribution in [3.63, 3.8) is 0 Å². The van der Waals surface area contributed by atoms with E-state index >= 15 is 0 Å². The third-order valence-electron chi connectivity index (χ3n) is 4.12. The van der Waals surface area contributed by atoms with Crippen LogP contribution in [0.4, 0.5) is 0 Å². The van der Waals surface area contributed by atoms with E-state index in [9.17, 15) is 9.59 Å². The first-order chi connectivity index (χ1) is 9.18. The van der Waals surface area contributed by atoms with Gasteiger partial charge in [0, 0.05) is 13.2 Å². The molecule has 1 aliphatic heterocycles. The summed E-state index contributed by atoms with van der Waals surface area (Å²) in [6, 6.07) is 0. The number of amides is 2. The summed E-state index contributed by atoms with van der Waals surface area (Å²) in [5.41, 5.74) is -0.676. The first-order valence-electron chi connectivity index (χ1n) is 7.36. The molecule has 1 atom stereocenters. The van der Waals surface area contributed by atoms with Crippen molar-refractivity contribution >= 4 is 11.8 Å². The highest BCUT2D eigenvalue weighted by Crippen LogP contribution is 2.30. The Balaban J connectivity index is 1.99. The zero-order valence-electron chi connectivity index (χ0n) is 11.7. The van der Waals surface area contributed by atoms with Gasteiger partial charge in [-0.3, -0.25) is 9.59 Å². The van der Waals surface area contributed by atoms with Crippen LogP contribution in [-0.2, 0) is 14.3 Å². The normalized spacial score (nSPS) is 25.8. The fourth-order valence-corrected chi connectivity index (χ4v) is 3.00. The second-order valence-corrected chi connectivity index (χ2v) is 5.55. The van der Waals surface area contributed by atoms with E-state index in [-0.39, 0.29) is 17.7 Å². The van der Waals surface area contributed by atoms with Crippen LogP contribution >= 0.6 is 0 Å². The Morgan fingerprint density at radius 3 is 2.58 bits per heavy atom. The molecule has 1 saturated heterocycles. The molecule has 0 radical (unpaired) electrons. The van der Waals surface area contributed by atoms with Crippen LogP contribution in [0.3, 0.4) is 0 Å². The number of hydrogen-bond acceptors (Lipinski definition) is 3. The van der Waals surface area contributed by atoms with E-state index in [1.807, 2.05) is 6.92 Å². The van der Waals surface area contributed by atoms with Gasteiger partial charge in [-0.05, 0) is 32.6 Å². The second-order valence-electron chi connectivity index (χ2n) is 5.55. The van der Waals surface area contributed by atoms with E-state index in [4.69, 9.17) is 4.74 Å². The van der Waals surface area contributed by atoms with Gasteiger partial charge in [-0.1, -0.05) is 12.8 Å². The maximum absolute atomic E-state index is 12.3. The molecule has 0 aromatic heterocycles. The summed E-state index contributed by atoms with van der Waals surface area (Å²) in [7, 11) is 0. The quantitative estimate of drug-likeness (QED) is 0.798. The summed E-state index contributed by atoms with van der Waals surface area (Å²) in [6.07, 6.45) is 5.27. The SMILES string of the molecule is CCNC(=O)C1(NC(=O)C2CCCOC2)CCCC1. The molecule has 2 aliphatic rings. The Hall–Kier alpha value is -1.10. The molecule has 0 aromatic rings. The first-order valence-corrected chi connectivity index (χ1v) is 7.36. The summed E-state index contributed by atoms with van der Waals surface area (Å²) >= 11 is 0. The highest BCUT2D eigenvalue weighted by Gasteiger charge is 2.43. The molecular weight excluding hydrogens is 244 g/mol. The van der Waals surface area contributed by atoms with Crippen LogP contribution < -0.4 is 10.6 Å². The Morgan fingerprint density at radius 1 is 1.26 bits per heavy atom. The van der Waals surface area contributed by atoms with Crippen LogP contribution in [0.15, 0.2) is 0 Å². The van der Waals surface area contributed by atoms with Gasteiger partial charge in [-0.2, -0.15) is 0 Å². The minimum atomic E-state index is -0.676. The van der Waals surface area contributed by atoms with Gasteiger partial charge in [0.25, 0.3) is 0 Å². The van der Waals surface area contributed by atoms with Gasteiger partial charge < -0.3 is 15.4 Å². The van der Waals surface area contributed by atoms with Crippen molar-refractivity contribution in [3.8, 4) is 0 Å². The molecule has 1 aliphatic carbocycles. The summed E-state index contributed by atoms with van der Waals surface area (Å²) < 4.78 is 5.35. The summed E-state index contributed by atoms with van der Waals surface area (Å²) in [4.78, 5) is 24.5. The number of carbonyl (C=O) groups is 2. The monoisotopic (exact) mass is 268 g/mol. The number of likely N-dealkylation sites (N-methyl/N-ethyl adjacent to an activating group) is 1. The zero-order chi connectivity index (χ0) is 13.7. The number of nitrogens with one attached hydrogen (secondary N) is 2. The Bertz CT molecular complexity index is 332. The maximum Gasteiger partial charge on any atom is 0.245 e. The molecule has 5 nitrogen and oxygen atoms in total. The van der Waals surface area contributed by atoms with Gasteiger partial charge in [0.1, 0.15) is 5.54 Å². The minimum Gasteiger partial charge on any atom is -0.381 e. The van der Waals surface area contributed by atoms with E-state index in [0.717, 1.165) is 45.1 Å². The fraction of sp³-hybridized carbons (Fsp3) is 0.857. The predicted octanol–water partition coefficient (Wildman–Crippen LogP) is 0.978. The molecule has 1 saturated carbocycles. The van der Waals surface area contributed by atoms with Crippen molar-refractivity contribution in [1.82, 2.24) is 10.6 Å². The average molecular weight is 268 g/mol. The smallest absolute Gasteiger partial charge is 0.245 e. The molecule has 2 rings (SSSR count). The van der Waals surface area contributed by atoms with E-state index in [0.29, 0.717) is 13.2 Å². The van der Waals surface area contributed by atoms with Crippen LogP contribution in [0, 0.1) is 5.92 Å². The van der Waals surface area contributed by atoms with Gasteiger partial charge in [-0.25, -0.2) is 0 Å². The number of hydrogen-bond donors (Lipinski definition) is 2. The standard InChI is InChI=1S/C14H24N2O3/c1-2-15-13(18)14(7-3-4-8-14)16-12(17)11-6-5-9-19-10-11/h11H,2-10H2,1H3,(H,15,18)(H,16,17). The molecule has 108 valence electrons. The molecule has 0 spiro atoms. The van der Waals surface area contributed by atoms with E-state index in [1.165, 1.54) is 0 Å². The summed E-state index contributed by atoms with van der Waals surface area (Å²) in [5, 5.41) is 5.87. The molecule has 19 heavy (non-hydrogen) atoms. The summed E-state index contributed by atoms with van der Waals surface area (Å²) in [6.45, 7) is 3.73. The molecule has 0 aromatic carbocycles. The lowest BCUT2D eigenvalue weighted by Gasteiger charge is -2.31. The largest absolute Gasteiger partial charge is 0.381 e. The van der Waals surface area contributed by atoms with Crippen molar-refractivity contribution in [2.45, 2.75) is 51.0 Å². The van der Waals surface area contributed by atoms with Crippen LogP contribution in [0.1, 0.15) is 45.4 Å². The highest BCUT2D eigenvalue weighted by atomic mass is 16.5. The van der Waals surface area contributed by atoms with Crippen molar-refractivity contribution in [2.24, 2.45) is 5.92 Å². The lowest BCUT2D eigenvalue weighted by atomic mass is 9.93. The van der Waals surface area contributed by atoms with Gasteiger partial charge in [0.05, 0.1) is 12.5 Å². The predicted molar refractivity (Wildman–Crippen MR) is 71.6 cm³/mol. The van der Waals surface area contributed by atoms with Gasteiger partial charge in [0.15, 0.2) is 0 Å². The van der Waals surface area contributed by atoms with Crippen molar-refractivity contribution in [2.75, 3.05) is 19.8 Å². The third-order valence-corrected chi connectivity index (χ3v) is 4.12. The lowest BCUT2D eigenvalue weighted by Crippen LogP contribution is -2.58. The van der Waals surface area contributed by atoms with Crippen LogP contribution in [-0.4, -0.2) is 37.1 Å². The fourth-order valence-electron chi connectivity index (χ4n) is 3.00. The van der Waals surface area contributed by atoms with E-state index in [1.54, 1.807) is 0 Å². The third kappa shape index (κ3) is 3.26. The van der Waals surface area contributed by atoms with E-state index < -0.39 is 5.54 Å². The van der Waals surface area contributed by atoms with Gasteiger partial charge >= 0.3 is 0 Å². The highest BCUT2D eigenvalue weighted by molar-refractivity contribution is 5.92. The number of carbonyl (C=O) groups excluding carboxylic acids is 2. The topological polar surface area (TPSA) is 67.4 Å². The van der Waals surface area contributed by atoms with Crippen molar-refractivity contribution in [1.29, 1.82) is 0 Å².